The minimum atomic E-state index is -0.0243. The normalized spacial score (nSPS) is 24.0. The maximum Gasteiger partial charge on any atom is 0.293 e. The molecule has 0 spiro atoms. The summed E-state index contributed by atoms with van der Waals surface area (Å²) in [7, 11) is 1.89. The van der Waals surface area contributed by atoms with E-state index in [0.29, 0.717) is 25.0 Å². The first-order valence-corrected chi connectivity index (χ1v) is 7.99. The SMILES string of the molecule is CN(C[C@H]1OCC[C@H]1c1ncn[nH]1)c1nccn(C2CC2)c1=O. The Labute approximate surface area is 133 Å². The van der Waals surface area contributed by atoms with Crippen molar-refractivity contribution in [2.24, 2.45) is 0 Å². The molecular formula is C15H20N6O2. The van der Waals surface area contributed by atoms with E-state index in [1.54, 1.807) is 17.0 Å². The highest BCUT2D eigenvalue weighted by atomic mass is 16.5. The molecule has 1 N–H and O–H groups in total. The van der Waals surface area contributed by atoms with Gasteiger partial charge in [0.05, 0.1) is 6.10 Å². The second kappa shape index (κ2) is 5.77. The molecule has 0 radical (unpaired) electrons. The monoisotopic (exact) mass is 316 g/mol. The molecule has 2 aliphatic rings. The minimum absolute atomic E-state index is 0.0216. The summed E-state index contributed by atoms with van der Waals surface area (Å²) in [4.78, 5) is 23.0. The molecule has 2 fully saturated rings. The van der Waals surface area contributed by atoms with Crippen LogP contribution in [-0.4, -0.2) is 51.0 Å². The largest absolute Gasteiger partial charge is 0.376 e. The summed E-state index contributed by atoms with van der Waals surface area (Å²) >= 11 is 0. The van der Waals surface area contributed by atoms with Crippen molar-refractivity contribution in [3.63, 3.8) is 0 Å². The van der Waals surface area contributed by atoms with E-state index >= 15 is 0 Å². The molecule has 2 aromatic rings. The fraction of sp³-hybridized carbons (Fsp3) is 0.600. The zero-order chi connectivity index (χ0) is 15.8. The maximum atomic E-state index is 12.6. The standard InChI is InChI=1S/C15H20N6O2/c1-20(14-15(22)21(6-5-16-14)10-2-3-10)8-12-11(4-7-23-12)13-17-9-18-19-13/h5-6,9-12H,2-4,7-8H2,1H3,(H,17,18,19)/t11-,12-/m1/s1. The number of nitrogens with zero attached hydrogens (tertiary/aromatic N) is 5. The van der Waals surface area contributed by atoms with Crippen molar-refractivity contribution in [2.75, 3.05) is 25.1 Å². The Kier molecular flexibility index (Phi) is 3.60. The Hall–Kier alpha value is -2.22. The molecule has 1 aliphatic heterocycles. The van der Waals surface area contributed by atoms with Gasteiger partial charge in [0.25, 0.3) is 5.56 Å². The number of nitrogens with one attached hydrogen (secondary N) is 1. The molecular weight excluding hydrogens is 296 g/mol. The van der Waals surface area contributed by atoms with Crippen LogP contribution in [0.1, 0.15) is 37.0 Å². The molecule has 1 saturated heterocycles. The molecule has 2 atom stereocenters. The van der Waals surface area contributed by atoms with Gasteiger partial charge in [-0.15, -0.1) is 0 Å². The molecule has 0 amide bonds. The smallest absolute Gasteiger partial charge is 0.293 e. The van der Waals surface area contributed by atoms with Crippen LogP contribution in [-0.2, 0) is 4.74 Å². The third kappa shape index (κ3) is 2.74. The van der Waals surface area contributed by atoms with Gasteiger partial charge in [0, 0.05) is 44.6 Å². The van der Waals surface area contributed by atoms with Crippen molar-refractivity contribution >= 4 is 5.82 Å². The van der Waals surface area contributed by atoms with Crippen LogP contribution in [0.2, 0.25) is 0 Å². The highest BCUT2D eigenvalue weighted by molar-refractivity contribution is 5.35. The van der Waals surface area contributed by atoms with Gasteiger partial charge in [0.15, 0.2) is 5.82 Å². The van der Waals surface area contributed by atoms with Crippen LogP contribution in [0.3, 0.4) is 0 Å². The molecule has 1 saturated carbocycles. The maximum absolute atomic E-state index is 12.6. The van der Waals surface area contributed by atoms with Crippen LogP contribution in [0.15, 0.2) is 23.5 Å². The second-order valence-corrected chi connectivity index (χ2v) is 6.25. The predicted molar refractivity (Wildman–Crippen MR) is 83.5 cm³/mol. The molecule has 2 aromatic heterocycles. The average molecular weight is 316 g/mol. The lowest BCUT2D eigenvalue weighted by Crippen LogP contribution is -2.37. The average Bonchev–Trinajstić information content (AvgIpc) is 3.05. The van der Waals surface area contributed by atoms with E-state index in [2.05, 4.69) is 20.2 Å². The van der Waals surface area contributed by atoms with E-state index in [0.717, 1.165) is 25.1 Å². The summed E-state index contributed by atoms with van der Waals surface area (Å²) in [5, 5.41) is 6.84. The van der Waals surface area contributed by atoms with Crippen molar-refractivity contribution in [3.05, 3.63) is 34.9 Å². The van der Waals surface area contributed by atoms with Crippen LogP contribution in [0, 0.1) is 0 Å². The topological polar surface area (TPSA) is 88.9 Å². The Bertz CT molecular complexity index is 724. The molecule has 4 rings (SSSR count). The van der Waals surface area contributed by atoms with E-state index < -0.39 is 0 Å². The third-order valence-corrected chi connectivity index (χ3v) is 4.60. The number of anilines is 1. The summed E-state index contributed by atoms with van der Waals surface area (Å²) in [6.45, 7) is 1.29. The first kappa shape index (κ1) is 14.4. The number of aromatic amines is 1. The fourth-order valence-electron chi connectivity index (χ4n) is 3.21. The van der Waals surface area contributed by atoms with Crippen LogP contribution in [0.4, 0.5) is 5.82 Å². The molecule has 8 nitrogen and oxygen atoms in total. The number of H-pyrrole nitrogens is 1. The van der Waals surface area contributed by atoms with Crippen LogP contribution in [0.25, 0.3) is 0 Å². The summed E-state index contributed by atoms with van der Waals surface area (Å²) in [6, 6.07) is 0.349. The van der Waals surface area contributed by atoms with Gasteiger partial charge in [-0.25, -0.2) is 9.97 Å². The van der Waals surface area contributed by atoms with Crippen LogP contribution < -0.4 is 10.5 Å². The molecule has 1 aliphatic carbocycles. The Morgan fingerprint density at radius 2 is 2.26 bits per heavy atom. The Balaban J connectivity index is 1.52. The summed E-state index contributed by atoms with van der Waals surface area (Å²) in [6.07, 6.45) is 8.03. The van der Waals surface area contributed by atoms with Gasteiger partial charge in [-0.2, -0.15) is 5.10 Å². The fourth-order valence-corrected chi connectivity index (χ4v) is 3.21. The van der Waals surface area contributed by atoms with Gasteiger partial charge >= 0.3 is 0 Å². The molecule has 8 heteroatoms. The van der Waals surface area contributed by atoms with Crippen molar-refractivity contribution in [3.8, 4) is 0 Å². The van der Waals surface area contributed by atoms with Crippen LogP contribution >= 0.6 is 0 Å². The zero-order valence-corrected chi connectivity index (χ0v) is 13.1. The number of hydrogen-bond donors (Lipinski definition) is 1. The summed E-state index contributed by atoms with van der Waals surface area (Å²) < 4.78 is 7.64. The van der Waals surface area contributed by atoms with Gasteiger partial charge in [-0.05, 0) is 19.3 Å². The van der Waals surface area contributed by atoms with E-state index in [4.69, 9.17) is 4.74 Å². The predicted octanol–water partition coefficient (Wildman–Crippen LogP) is 0.705. The number of aromatic nitrogens is 5. The first-order chi connectivity index (χ1) is 11.2. The lowest BCUT2D eigenvalue weighted by atomic mass is 10.0. The Morgan fingerprint density at radius 1 is 1.39 bits per heavy atom. The molecule has 122 valence electrons. The highest BCUT2D eigenvalue weighted by Gasteiger charge is 2.33. The van der Waals surface area contributed by atoms with Gasteiger partial charge in [0.1, 0.15) is 12.2 Å². The number of hydrogen-bond acceptors (Lipinski definition) is 6. The van der Waals surface area contributed by atoms with E-state index in [9.17, 15) is 4.79 Å². The van der Waals surface area contributed by atoms with Gasteiger partial charge in [0.2, 0.25) is 0 Å². The molecule has 3 heterocycles. The quantitative estimate of drug-likeness (QED) is 0.874. The van der Waals surface area contributed by atoms with Crippen molar-refractivity contribution in [1.82, 2.24) is 24.7 Å². The number of rotatable bonds is 5. The van der Waals surface area contributed by atoms with Crippen molar-refractivity contribution in [2.45, 2.75) is 37.3 Å². The van der Waals surface area contributed by atoms with E-state index in [-0.39, 0.29) is 17.6 Å². The highest BCUT2D eigenvalue weighted by Crippen LogP contribution is 2.33. The second-order valence-electron chi connectivity index (χ2n) is 6.25. The third-order valence-electron chi connectivity index (χ3n) is 4.60. The van der Waals surface area contributed by atoms with Crippen molar-refractivity contribution < 1.29 is 4.74 Å². The van der Waals surface area contributed by atoms with E-state index in [1.165, 1.54) is 6.33 Å². The summed E-state index contributed by atoms with van der Waals surface area (Å²) in [5.41, 5.74) is -0.0216. The van der Waals surface area contributed by atoms with Crippen molar-refractivity contribution in [1.29, 1.82) is 0 Å². The lowest BCUT2D eigenvalue weighted by Gasteiger charge is -2.24. The number of likely N-dealkylation sites (N-methyl/N-ethyl adjacent to an activating group) is 1. The molecule has 23 heavy (non-hydrogen) atoms. The molecule has 0 aromatic carbocycles. The van der Waals surface area contributed by atoms with Crippen LogP contribution in [0.5, 0.6) is 0 Å². The van der Waals surface area contributed by atoms with Gasteiger partial charge < -0.3 is 14.2 Å². The van der Waals surface area contributed by atoms with Gasteiger partial charge in [-0.3, -0.25) is 9.89 Å². The minimum Gasteiger partial charge on any atom is -0.376 e. The first-order valence-electron chi connectivity index (χ1n) is 7.99. The summed E-state index contributed by atoms with van der Waals surface area (Å²) in [5.74, 6) is 1.50. The number of ether oxygens (including phenoxy) is 1. The Morgan fingerprint density at radius 3 is 3.00 bits per heavy atom. The molecule has 0 bridgehead atoms. The van der Waals surface area contributed by atoms with E-state index in [1.807, 2.05) is 11.9 Å². The lowest BCUT2D eigenvalue weighted by molar-refractivity contribution is 0.108. The molecule has 0 unspecified atom stereocenters. The zero-order valence-electron chi connectivity index (χ0n) is 13.1. The van der Waals surface area contributed by atoms with Gasteiger partial charge in [-0.1, -0.05) is 0 Å².